The molecule has 0 saturated heterocycles. The van der Waals surface area contributed by atoms with Gasteiger partial charge in [0.1, 0.15) is 6.04 Å². The van der Waals surface area contributed by atoms with Crippen molar-refractivity contribution in [3.05, 3.63) is 107 Å². The molecule has 3 rings (SSSR count). The highest BCUT2D eigenvalue weighted by Gasteiger charge is 2.30. The summed E-state index contributed by atoms with van der Waals surface area (Å²) in [7, 11) is 0. The summed E-state index contributed by atoms with van der Waals surface area (Å²) in [5.41, 5.74) is 5.30. The third-order valence-electron chi connectivity index (χ3n) is 6.03. The zero-order valence-corrected chi connectivity index (χ0v) is 20.8. The average molecular weight is 457 g/mol. The minimum atomic E-state index is -0.598. The summed E-state index contributed by atoms with van der Waals surface area (Å²) in [5.74, 6) is 0.172. The Morgan fingerprint density at radius 1 is 0.824 bits per heavy atom. The number of benzene rings is 3. The lowest BCUT2D eigenvalue weighted by Gasteiger charge is -2.32. The highest BCUT2D eigenvalue weighted by atomic mass is 16.2. The maximum absolute atomic E-state index is 13.7. The number of nitrogens with one attached hydrogen (secondary N) is 1. The summed E-state index contributed by atoms with van der Waals surface area (Å²) in [4.78, 5) is 29.0. The maximum Gasteiger partial charge on any atom is 0.243 e. The topological polar surface area (TPSA) is 49.4 Å². The molecule has 3 aromatic carbocycles. The second kappa shape index (κ2) is 12.2. The number of amides is 2. The molecule has 2 amide bonds. The van der Waals surface area contributed by atoms with Crippen LogP contribution in [0.3, 0.4) is 0 Å². The predicted molar refractivity (Wildman–Crippen MR) is 138 cm³/mol. The Labute approximate surface area is 204 Å². The van der Waals surface area contributed by atoms with Crippen LogP contribution in [0.1, 0.15) is 41.7 Å². The largest absolute Gasteiger partial charge is 0.354 e. The zero-order chi connectivity index (χ0) is 24.5. The third kappa shape index (κ3) is 7.31. The van der Waals surface area contributed by atoms with Crippen molar-refractivity contribution in [2.24, 2.45) is 5.92 Å². The van der Waals surface area contributed by atoms with Crippen molar-refractivity contribution in [2.45, 2.75) is 53.1 Å². The van der Waals surface area contributed by atoms with Crippen LogP contribution < -0.4 is 5.32 Å². The van der Waals surface area contributed by atoms with E-state index in [1.165, 1.54) is 0 Å². The number of aryl methyl sites for hydroxylation is 2. The van der Waals surface area contributed by atoms with E-state index in [4.69, 9.17) is 0 Å². The molecule has 34 heavy (non-hydrogen) atoms. The van der Waals surface area contributed by atoms with Crippen molar-refractivity contribution < 1.29 is 9.59 Å². The molecule has 178 valence electrons. The molecule has 0 bridgehead atoms. The van der Waals surface area contributed by atoms with E-state index in [1.807, 2.05) is 92.7 Å². The fourth-order valence-corrected chi connectivity index (χ4v) is 3.93. The molecule has 3 aromatic rings. The van der Waals surface area contributed by atoms with Gasteiger partial charge in [0.25, 0.3) is 0 Å². The summed E-state index contributed by atoms with van der Waals surface area (Å²) in [5, 5.41) is 3.08. The first-order valence-corrected chi connectivity index (χ1v) is 12.0. The summed E-state index contributed by atoms with van der Waals surface area (Å²) < 4.78 is 0. The molecule has 4 nitrogen and oxygen atoms in total. The van der Waals surface area contributed by atoms with Gasteiger partial charge in [0.15, 0.2) is 0 Å². The van der Waals surface area contributed by atoms with E-state index in [1.54, 1.807) is 4.90 Å². The van der Waals surface area contributed by atoms with Gasteiger partial charge in [-0.3, -0.25) is 9.59 Å². The Hall–Kier alpha value is -3.40. The van der Waals surface area contributed by atoms with Gasteiger partial charge in [-0.15, -0.1) is 0 Å². The summed E-state index contributed by atoms with van der Waals surface area (Å²) in [6, 6.07) is 25.4. The highest BCUT2D eigenvalue weighted by Crippen LogP contribution is 2.19. The van der Waals surface area contributed by atoms with Crippen LogP contribution in [-0.4, -0.2) is 29.3 Å². The van der Waals surface area contributed by atoms with Gasteiger partial charge in [-0.2, -0.15) is 0 Å². The average Bonchev–Trinajstić information content (AvgIpc) is 2.83. The molecule has 0 saturated carbocycles. The van der Waals surface area contributed by atoms with Crippen molar-refractivity contribution in [3.8, 4) is 0 Å². The Bertz CT molecular complexity index is 1070. The first-order chi connectivity index (χ1) is 16.3. The van der Waals surface area contributed by atoms with Gasteiger partial charge in [-0.05, 0) is 42.0 Å². The van der Waals surface area contributed by atoms with Gasteiger partial charge in [-0.25, -0.2) is 0 Å². The van der Waals surface area contributed by atoms with E-state index in [-0.39, 0.29) is 18.2 Å². The van der Waals surface area contributed by atoms with Crippen molar-refractivity contribution in [1.82, 2.24) is 10.2 Å². The molecule has 1 N–H and O–H groups in total. The van der Waals surface area contributed by atoms with Gasteiger partial charge in [-0.1, -0.05) is 98.3 Å². The first kappa shape index (κ1) is 25.2. The molecule has 0 radical (unpaired) electrons. The molecule has 0 aliphatic carbocycles. The van der Waals surface area contributed by atoms with Crippen LogP contribution in [0, 0.1) is 19.8 Å². The molecule has 0 aromatic heterocycles. The van der Waals surface area contributed by atoms with Crippen molar-refractivity contribution >= 4 is 11.8 Å². The number of carbonyl (C=O) groups excluding carboxylic acids is 2. The van der Waals surface area contributed by atoms with E-state index in [0.29, 0.717) is 25.4 Å². The van der Waals surface area contributed by atoms with E-state index >= 15 is 0 Å². The molecule has 0 heterocycles. The van der Waals surface area contributed by atoms with Crippen LogP contribution in [0.2, 0.25) is 0 Å². The van der Waals surface area contributed by atoms with Crippen molar-refractivity contribution in [2.75, 3.05) is 6.54 Å². The van der Waals surface area contributed by atoms with E-state index in [0.717, 1.165) is 27.8 Å². The van der Waals surface area contributed by atoms with Crippen LogP contribution >= 0.6 is 0 Å². The summed E-state index contributed by atoms with van der Waals surface area (Å²) in [6.07, 6.45) is 0.727. The normalized spacial score (nSPS) is 11.8. The number of carbonyl (C=O) groups is 2. The van der Waals surface area contributed by atoms with Gasteiger partial charge in [0.05, 0.1) is 6.42 Å². The fraction of sp³-hybridized carbons (Fsp3) is 0.333. The molecule has 4 heteroatoms. The van der Waals surface area contributed by atoms with Gasteiger partial charge in [0.2, 0.25) is 11.8 Å². The number of rotatable bonds is 10. The summed E-state index contributed by atoms with van der Waals surface area (Å²) >= 11 is 0. The SMILES string of the molecule is Cc1ccc(CC(=O)N(Cc2ccccc2C)C(Cc2ccccc2)C(=O)NCC(C)C)cc1. The van der Waals surface area contributed by atoms with Crippen LogP contribution in [0.25, 0.3) is 0 Å². The minimum Gasteiger partial charge on any atom is -0.354 e. The first-order valence-electron chi connectivity index (χ1n) is 12.0. The second-order valence-electron chi connectivity index (χ2n) is 9.46. The highest BCUT2D eigenvalue weighted by molar-refractivity contribution is 5.88. The standard InChI is InChI=1S/C30H36N2O2/c1-22(2)20-31-30(34)28(18-25-11-6-5-7-12-25)32(21-27-13-9-8-10-24(27)4)29(33)19-26-16-14-23(3)15-17-26/h5-17,22,28H,18-21H2,1-4H3,(H,31,34). The van der Waals surface area contributed by atoms with E-state index < -0.39 is 6.04 Å². The van der Waals surface area contributed by atoms with Crippen LogP contribution in [0.5, 0.6) is 0 Å². The Balaban J connectivity index is 1.96. The number of hydrogen-bond acceptors (Lipinski definition) is 2. The Morgan fingerprint density at radius 3 is 2.12 bits per heavy atom. The van der Waals surface area contributed by atoms with Crippen molar-refractivity contribution in [3.63, 3.8) is 0 Å². The van der Waals surface area contributed by atoms with E-state index in [2.05, 4.69) is 19.2 Å². The lowest BCUT2D eigenvalue weighted by molar-refractivity contribution is -0.140. The Morgan fingerprint density at radius 2 is 1.47 bits per heavy atom. The number of hydrogen-bond donors (Lipinski definition) is 1. The molecule has 0 fully saturated rings. The smallest absolute Gasteiger partial charge is 0.243 e. The summed E-state index contributed by atoms with van der Waals surface area (Å²) in [6.45, 7) is 9.19. The molecular weight excluding hydrogens is 420 g/mol. The lowest BCUT2D eigenvalue weighted by atomic mass is 10.00. The lowest BCUT2D eigenvalue weighted by Crippen LogP contribution is -2.51. The molecule has 1 unspecified atom stereocenters. The molecule has 0 aliphatic heterocycles. The van der Waals surface area contributed by atoms with Gasteiger partial charge >= 0.3 is 0 Å². The van der Waals surface area contributed by atoms with Crippen molar-refractivity contribution in [1.29, 1.82) is 0 Å². The molecular formula is C30H36N2O2. The molecule has 0 spiro atoms. The fourth-order valence-electron chi connectivity index (χ4n) is 3.93. The van der Waals surface area contributed by atoms with Crippen LogP contribution in [-0.2, 0) is 29.0 Å². The quantitative estimate of drug-likeness (QED) is 0.452. The molecule has 0 aliphatic rings. The van der Waals surface area contributed by atoms with Gasteiger partial charge in [0, 0.05) is 19.5 Å². The van der Waals surface area contributed by atoms with E-state index in [9.17, 15) is 9.59 Å². The third-order valence-corrected chi connectivity index (χ3v) is 6.03. The Kier molecular flexibility index (Phi) is 9.03. The monoisotopic (exact) mass is 456 g/mol. The number of nitrogens with zero attached hydrogens (tertiary/aromatic N) is 1. The maximum atomic E-state index is 13.7. The molecule has 1 atom stereocenters. The van der Waals surface area contributed by atoms with Crippen LogP contribution in [0.15, 0.2) is 78.9 Å². The van der Waals surface area contributed by atoms with Crippen LogP contribution in [0.4, 0.5) is 0 Å². The second-order valence-corrected chi connectivity index (χ2v) is 9.46. The minimum absolute atomic E-state index is 0.0484. The van der Waals surface area contributed by atoms with Gasteiger partial charge < -0.3 is 10.2 Å². The zero-order valence-electron chi connectivity index (χ0n) is 20.8. The predicted octanol–water partition coefficient (Wildman–Crippen LogP) is 5.26.